The van der Waals surface area contributed by atoms with Crippen LogP contribution in [0.3, 0.4) is 0 Å². The molecule has 1 heterocycles. The van der Waals surface area contributed by atoms with E-state index in [1.165, 1.54) is 12.1 Å². The number of halogens is 1. The highest BCUT2D eigenvalue weighted by Crippen LogP contribution is 2.09. The van der Waals surface area contributed by atoms with Crippen LogP contribution in [0.5, 0.6) is 0 Å². The molecule has 5 nitrogen and oxygen atoms in total. The molecule has 0 atom stereocenters. The van der Waals surface area contributed by atoms with Crippen LogP contribution in [-0.2, 0) is 13.1 Å². The lowest BCUT2D eigenvalue weighted by atomic mass is 10.1. The first-order valence-corrected chi connectivity index (χ1v) is 6.03. The van der Waals surface area contributed by atoms with E-state index in [0.717, 1.165) is 12.1 Å². The Morgan fingerprint density at radius 1 is 1.47 bits per heavy atom. The third-order valence-corrected chi connectivity index (χ3v) is 2.81. The van der Waals surface area contributed by atoms with Crippen LogP contribution in [0.15, 0.2) is 24.5 Å². The van der Waals surface area contributed by atoms with Gasteiger partial charge in [0.1, 0.15) is 12.1 Å². The quantitative estimate of drug-likeness (QED) is 0.911. The number of aromatic nitrogens is 3. The molecule has 0 saturated carbocycles. The molecule has 0 aliphatic heterocycles. The van der Waals surface area contributed by atoms with Gasteiger partial charge in [0.05, 0.1) is 12.1 Å². The van der Waals surface area contributed by atoms with E-state index in [4.69, 9.17) is 0 Å². The smallest absolute Gasteiger partial charge is 0.254 e. The molecule has 19 heavy (non-hydrogen) atoms. The highest BCUT2D eigenvalue weighted by atomic mass is 19.1. The molecule has 1 N–H and O–H groups in total. The zero-order valence-electron chi connectivity index (χ0n) is 10.9. The highest BCUT2D eigenvalue weighted by Gasteiger charge is 2.12. The SMILES string of the molecule is CCn1cnnc1CNC(=O)c1ccc(C)cc1F. The molecule has 1 aromatic heterocycles. The van der Waals surface area contributed by atoms with Gasteiger partial charge in [-0.15, -0.1) is 10.2 Å². The summed E-state index contributed by atoms with van der Waals surface area (Å²) in [5, 5.41) is 10.3. The number of nitrogens with zero attached hydrogens (tertiary/aromatic N) is 3. The summed E-state index contributed by atoms with van der Waals surface area (Å²) in [5.74, 6) is -0.332. The van der Waals surface area contributed by atoms with Gasteiger partial charge in [-0.25, -0.2) is 4.39 Å². The Labute approximate surface area is 110 Å². The number of rotatable bonds is 4. The molecule has 100 valence electrons. The van der Waals surface area contributed by atoms with Crippen LogP contribution in [0.25, 0.3) is 0 Å². The third kappa shape index (κ3) is 2.96. The normalized spacial score (nSPS) is 10.5. The summed E-state index contributed by atoms with van der Waals surface area (Å²) in [6.07, 6.45) is 1.59. The number of hydrogen-bond donors (Lipinski definition) is 1. The fourth-order valence-corrected chi connectivity index (χ4v) is 1.74. The number of carbonyl (C=O) groups is 1. The van der Waals surface area contributed by atoms with Crippen LogP contribution in [0.2, 0.25) is 0 Å². The van der Waals surface area contributed by atoms with Crippen molar-refractivity contribution in [1.29, 1.82) is 0 Å². The number of hydrogen-bond acceptors (Lipinski definition) is 3. The number of aryl methyl sites for hydroxylation is 2. The number of benzene rings is 1. The molecular weight excluding hydrogens is 247 g/mol. The van der Waals surface area contributed by atoms with Crippen molar-refractivity contribution in [2.75, 3.05) is 0 Å². The highest BCUT2D eigenvalue weighted by molar-refractivity contribution is 5.94. The largest absolute Gasteiger partial charge is 0.345 e. The minimum absolute atomic E-state index is 0.0353. The Bertz CT molecular complexity index is 594. The zero-order chi connectivity index (χ0) is 13.8. The van der Waals surface area contributed by atoms with Gasteiger partial charge in [-0.2, -0.15) is 0 Å². The van der Waals surface area contributed by atoms with Crippen molar-refractivity contribution in [3.8, 4) is 0 Å². The van der Waals surface area contributed by atoms with Gasteiger partial charge in [-0.1, -0.05) is 6.07 Å². The first-order chi connectivity index (χ1) is 9.11. The summed E-state index contributed by atoms with van der Waals surface area (Å²) in [7, 11) is 0. The topological polar surface area (TPSA) is 59.8 Å². The van der Waals surface area contributed by atoms with Gasteiger partial charge in [-0.3, -0.25) is 4.79 Å². The Hall–Kier alpha value is -2.24. The second-order valence-corrected chi connectivity index (χ2v) is 4.20. The summed E-state index contributed by atoms with van der Waals surface area (Å²) in [6, 6.07) is 4.51. The summed E-state index contributed by atoms with van der Waals surface area (Å²) in [6.45, 7) is 4.67. The van der Waals surface area contributed by atoms with Crippen LogP contribution in [0, 0.1) is 12.7 Å². The van der Waals surface area contributed by atoms with Crippen LogP contribution >= 0.6 is 0 Å². The molecule has 0 aliphatic rings. The van der Waals surface area contributed by atoms with Crippen LogP contribution in [0.4, 0.5) is 4.39 Å². The molecule has 0 aliphatic carbocycles. The van der Waals surface area contributed by atoms with Crippen molar-refractivity contribution < 1.29 is 9.18 Å². The summed E-state index contributed by atoms with van der Waals surface area (Å²) < 4.78 is 15.4. The van der Waals surface area contributed by atoms with Crippen LogP contribution in [0.1, 0.15) is 28.7 Å². The molecule has 0 saturated heterocycles. The van der Waals surface area contributed by atoms with E-state index in [0.29, 0.717) is 5.82 Å². The molecule has 6 heteroatoms. The Morgan fingerprint density at radius 3 is 2.95 bits per heavy atom. The minimum Gasteiger partial charge on any atom is -0.345 e. The lowest BCUT2D eigenvalue weighted by Gasteiger charge is -2.07. The van der Waals surface area contributed by atoms with Gasteiger partial charge in [0, 0.05) is 6.54 Å². The second kappa shape index (κ2) is 5.60. The lowest BCUT2D eigenvalue weighted by Crippen LogP contribution is -2.25. The van der Waals surface area contributed by atoms with Crippen molar-refractivity contribution in [3.05, 3.63) is 47.3 Å². The molecule has 0 bridgehead atoms. The van der Waals surface area contributed by atoms with Gasteiger partial charge < -0.3 is 9.88 Å². The monoisotopic (exact) mass is 262 g/mol. The minimum atomic E-state index is -0.519. The summed E-state index contributed by atoms with van der Waals surface area (Å²) in [4.78, 5) is 11.9. The van der Waals surface area contributed by atoms with Crippen LogP contribution < -0.4 is 5.32 Å². The molecule has 0 radical (unpaired) electrons. The predicted molar refractivity (Wildman–Crippen MR) is 68.0 cm³/mol. The molecule has 1 amide bonds. The maximum atomic E-state index is 13.6. The van der Waals surface area contributed by atoms with Gasteiger partial charge in [0.25, 0.3) is 5.91 Å². The fourth-order valence-electron chi connectivity index (χ4n) is 1.74. The Morgan fingerprint density at radius 2 is 2.26 bits per heavy atom. The predicted octanol–water partition coefficient (Wildman–Crippen LogP) is 1.68. The number of nitrogens with one attached hydrogen (secondary N) is 1. The summed E-state index contributed by atoms with van der Waals surface area (Å²) >= 11 is 0. The van der Waals surface area contributed by atoms with Crippen molar-refractivity contribution in [3.63, 3.8) is 0 Å². The van der Waals surface area contributed by atoms with E-state index >= 15 is 0 Å². The maximum Gasteiger partial charge on any atom is 0.254 e. The van der Waals surface area contributed by atoms with Gasteiger partial charge in [0.2, 0.25) is 0 Å². The Kier molecular flexibility index (Phi) is 3.89. The zero-order valence-corrected chi connectivity index (χ0v) is 10.9. The maximum absolute atomic E-state index is 13.6. The van der Waals surface area contributed by atoms with Gasteiger partial charge in [0.15, 0.2) is 5.82 Å². The molecular formula is C13H15FN4O. The second-order valence-electron chi connectivity index (χ2n) is 4.20. The van der Waals surface area contributed by atoms with Crippen LogP contribution in [-0.4, -0.2) is 20.7 Å². The molecule has 2 aromatic rings. The van der Waals surface area contributed by atoms with Gasteiger partial charge >= 0.3 is 0 Å². The number of carbonyl (C=O) groups excluding carboxylic acids is 1. The van der Waals surface area contributed by atoms with E-state index in [-0.39, 0.29) is 12.1 Å². The van der Waals surface area contributed by atoms with E-state index in [9.17, 15) is 9.18 Å². The van der Waals surface area contributed by atoms with E-state index in [1.54, 1.807) is 19.3 Å². The first-order valence-electron chi connectivity index (χ1n) is 6.03. The van der Waals surface area contributed by atoms with Crippen molar-refractivity contribution in [1.82, 2.24) is 20.1 Å². The average Bonchev–Trinajstić information content (AvgIpc) is 2.83. The van der Waals surface area contributed by atoms with E-state index in [2.05, 4.69) is 15.5 Å². The van der Waals surface area contributed by atoms with Crippen molar-refractivity contribution in [2.45, 2.75) is 26.9 Å². The molecule has 1 aromatic carbocycles. The van der Waals surface area contributed by atoms with E-state index < -0.39 is 11.7 Å². The Balaban J connectivity index is 2.05. The van der Waals surface area contributed by atoms with Gasteiger partial charge in [-0.05, 0) is 31.5 Å². The molecule has 0 unspecified atom stereocenters. The first kappa shape index (κ1) is 13.2. The molecule has 0 spiro atoms. The third-order valence-electron chi connectivity index (χ3n) is 2.81. The lowest BCUT2D eigenvalue weighted by molar-refractivity contribution is 0.0945. The average molecular weight is 262 g/mol. The van der Waals surface area contributed by atoms with Crippen molar-refractivity contribution >= 4 is 5.91 Å². The van der Waals surface area contributed by atoms with Crippen molar-refractivity contribution in [2.24, 2.45) is 0 Å². The van der Waals surface area contributed by atoms with E-state index in [1.807, 2.05) is 11.5 Å². The molecule has 0 fully saturated rings. The molecule has 2 rings (SSSR count). The summed E-state index contributed by atoms with van der Waals surface area (Å²) in [5.41, 5.74) is 0.813. The fraction of sp³-hybridized carbons (Fsp3) is 0.308. The standard InChI is InChI=1S/C13H15FN4O/c1-3-18-8-16-17-12(18)7-15-13(19)10-5-4-9(2)6-11(10)14/h4-6,8H,3,7H2,1-2H3,(H,15,19). The number of amides is 1.